The molecule has 1 N–H and O–H groups in total. The molecular formula is C11H17NO2. The molecule has 1 aromatic carbocycles. The van der Waals surface area contributed by atoms with Gasteiger partial charge in [-0.1, -0.05) is 19.6 Å². The van der Waals surface area contributed by atoms with Crippen molar-refractivity contribution < 1.29 is 9.53 Å². The van der Waals surface area contributed by atoms with Crippen LogP contribution in [0.25, 0.3) is 0 Å². The summed E-state index contributed by atoms with van der Waals surface area (Å²) in [7, 11) is 1.64. The molecule has 0 unspecified atom stereocenters. The first-order valence-corrected chi connectivity index (χ1v) is 4.17. The molecule has 1 aromatic rings. The summed E-state index contributed by atoms with van der Waals surface area (Å²) in [4.78, 5) is 9.96. The van der Waals surface area contributed by atoms with Crippen molar-refractivity contribution in [2.75, 3.05) is 13.7 Å². The van der Waals surface area contributed by atoms with Gasteiger partial charge in [-0.05, 0) is 24.1 Å². The first-order valence-electron chi connectivity index (χ1n) is 4.17. The van der Waals surface area contributed by atoms with Gasteiger partial charge in [0, 0.05) is 6.54 Å². The Labute approximate surface area is 85.1 Å². The van der Waals surface area contributed by atoms with E-state index >= 15 is 0 Å². The van der Waals surface area contributed by atoms with Crippen LogP contribution >= 0.6 is 0 Å². The van der Waals surface area contributed by atoms with Crippen LogP contribution in [-0.2, 0) is 11.2 Å². The van der Waals surface area contributed by atoms with Crippen molar-refractivity contribution in [2.24, 2.45) is 0 Å². The average molecular weight is 195 g/mol. The summed E-state index contributed by atoms with van der Waals surface area (Å²) in [5, 5.41) is 2.61. The topological polar surface area (TPSA) is 38.3 Å². The highest BCUT2D eigenvalue weighted by molar-refractivity contribution is 5.45. The van der Waals surface area contributed by atoms with E-state index in [-0.39, 0.29) is 7.43 Å². The van der Waals surface area contributed by atoms with Crippen LogP contribution in [0.3, 0.4) is 0 Å². The fourth-order valence-electron chi connectivity index (χ4n) is 1.07. The lowest BCUT2D eigenvalue weighted by molar-refractivity contribution is -0.109. The average Bonchev–Trinajstić information content (AvgIpc) is 2.19. The molecule has 14 heavy (non-hydrogen) atoms. The molecule has 0 radical (unpaired) electrons. The largest absolute Gasteiger partial charge is 0.497 e. The van der Waals surface area contributed by atoms with Gasteiger partial charge in [0.05, 0.1) is 7.11 Å². The van der Waals surface area contributed by atoms with Crippen LogP contribution in [0.5, 0.6) is 5.75 Å². The lowest BCUT2D eigenvalue weighted by Gasteiger charge is -2.02. The van der Waals surface area contributed by atoms with E-state index in [4.69, 9.17) is 4.74 Å². The molecule has 0 aliphatic rings. The van der Waals surface area contributed by atoms with Gasteiger partial charge < -0.3 is 10.1 Å². The van der Waals surface area contributed by atoms with E-state index in [0.717, 1.165) is 12.2 Å². The molecule has 1 amide bonds. The third-order valence-electron chi connectivity index (χ3n) is 1.80. The van der Waals surface area contributed by atoms with Crippen LogP contribution < -0.4 is 10.1 Å². The van der Waals surface area contributed by atoms with Crippen LogP contribution in [0.1, 0.15) is 13.0 Å². The maximum Gasteiger partial charge on any atom is 0.207 e. The van der Waals surface area contributed by atoms with Crippen molar-refractivity contribution in [2.45, 2.75) is 13.8 Å². The zero-order valence-corrected chi connectivity index (χ0v) is 7.62. The van der Waals surface area contributed by atoms with Crippen molar-refractivity contribution in [3.63, 3.8) is 0 Å². The minimum atomic E-state index is 0. The Bertz CT molecular complexity index is 256. The molecule has 1 rings (SSSR count). The summed E-state index contributed by atoms with van der Waals surface area (Å²) in [5.41, 5.74) is 1.19. The predicted molar refractivity (Wildman–Crippen MR) is 57.5 cm³/mol. The van der Waals surface area contributed by atoms with E-state index in [0.29, 0.717) is 13.0 Å². The number of amides is 1. The Balaban J connectivity index is 0.00000169. The molecule has 3 heteroatoms. The molecule has 0 fully saturated rings. The molecule has 0 bridgehead atoms. The molecule has 78 valence electrons. The Kier molecular flexibility index (Phi) is 6.20. The third-order valence-corrected chi connectivity index (χ3v) is 1.80. The smallest absolute Gasteiger partial charge is 0.207 e. The van der Waals surface area contributed by atoms with Crippen LogP contribution in [0.2, 0.25) is 0 Å². The van der Waals surface area contributed by atoms with Gasteiger partial charge in [-0.2, -0.15) is 0 Å². The van der Waals surface area contributed by atoms with Gasteiger partial charge in [-0.15, -0.1) is 0 Å². The van der Waals surface area contributed by atoms with Gasteiger partial charge in [-0.25, -0.2) is 0 Å². The molecule has 0 aromatic heterocycles. The number of hydrogen-bond donors (Lipinski definition) is 1. The SMILES string of the molecule is C.COc1ccc(CCNC=O)cc1. The van der Waals surface area contributed by atoms with Crippen molar-refractivity contribution in [1.82, 2.24) is 5.32 Å². The fraction of sp³-hybridized carbons (Fsp3) is 0.364. The number of carbonyl (C=O) groups is 1. The van der Waals surface area contributed by atoms with Gasteiger partial charge >= 0.3 is 0 Å². The number of methoxy groups -OCH3 is 1. The summed E-state index contributed by atoms with van der Waals surface area (Å²) in [6.45, 7) is 0.676. The van der Waals surface area contributed by atoms with E-state index in [1.54, 1.807) is 7.11 Å². The minimum Gasteiger partial charge on any atom is -0.497 e. The fourth-order valence-corrected chi connectivity index (χ4v) is 1.07. The maximum atomic E-state index is 9.96. The Morgan fingerprint density at radius 1 is 1.36 bits per heavy atom. The van der Waals surface area contributed by atoms with Crippen molar-refractivity contribution in [3.8, 4) is 5.75 Å². The quantitative estimate of drug-likeness (QED) is 0.572. The van der Waals surface area contributed by atoms with Crippen LogP contribution in [0.15, 0.2) is 24.3 Å². The second-order valence-corrected chi connectivity index (χ2v) is 2.67. The molecule has 0 atom stereocenters. The maximum absolute atomic E-state index is 9.96. The lowest BCUT2D eigenvalue weighted by Crippen LogP contribution is -2.14. The summed E-state index contributed by atoms with van der Waals surface area (Å²) in [6.07, 6.45) is 1.56. The first-order chi connectivity index (χ1) is 6.36. The molecular weight excluding hydrogens is 178 g/mol. The standard InChI is InChI=1S/C10H13NO2.CH4/c1-13-10-4-2-9(3-5-10)6-7-11-8-12;/h2-5,8H,6-7H2,1H3,(H,11,12);1H4. The number of nitrogens with one attached hydrogen (secondary N) is 1. The van der Waals surface area contributed by atoms with Crippen LogP contribution in [0, 0.1) is 0 Å². The predicted octanol–water partition coefficient (Wildman–Crippen LogP) is 1.62. The van der Waals surface area contributed by atoms with Crippen molar-refractivity contribution >= 4 is 6.41 Å². The highest BCUT2D eigenvalue weighted by atomic mass is 16.5. The normalized spacial score (nSPS) is 8.64. The van der Waals surface area contributed by atoms with Gasteiger partial charge in [-0.3, -0.25) is 4.79 Å². The van der Waals surface area contributed by atoms with Gasteiger partial charge in [0.25, 0.3) is 0 Å². The molecule has 3 nitrogen and oxygen atoms in total. The zero-order valence-electron chi connectivity index (χ0n) is 7.62. The highest BCUT2D eigenvalue weighted by Gasteiger charge is 1.93. The zero-order chi connectivity index (χ0) is 9.52. The van der Waals surface area contributed by atoms with Crippen molar-refractivity contribution in [1.29, 1.82) is 0 Å². The summed E-state index contributed by atoms with van der Waals surface area (Å²) < 4.78 is 5.02. The van der Waals surface area contributed by atoms with E-state index in [1.807, 2.05) is 24.3 Å². The number of carbonyl (C=O) groups excluding carboxylic acids is 1. The van der Waals surface area contributed by atoms with E-state index in [9.17, 15) is 4.79 Å². The van der Waals surface area contributed by atoms with E-state index < -0.39 is 0 Å². The van der Waals surface area contributed by atoms with Gasteiger partial charge in [0.15, 0.2) is 0 Å². The molecule has 0 saturated carbocycles. The number of ether oxygens (including phenoxy) is 1. The van der Waals surface area contributed by atoms with E-state index in [2.05, 4.69) is 5.32 Å². The molecule has 0 heterocycles. The number of hydrogen-bond acceptors (Lipinski definition) is 2. The number of benzene rings is 1. The molecule has 0 aliphatic carbocycles. The van der Waals surface area contributed by atoms with Gasteiger partial charge in [0.1, 0.15) is 5.75 Å². The third kappa shape index (κ3) is 3.94. The summed E-state index contributed by atoms with van der Waals surface area (Å²) in [5.74, 6) is 0.854. The number of rotatable bonds is 5. The van der Waals surface area contributed by atoms with Crippen LogP contribution in [0.4, 0.5) is 0 Å². The first kappa shape index (κ1) is 12.5. The Morgan fingerprint density at radius 2 is 2.00 bits per heavy atom. The highest BCUT2D eigenvalue weighted by Crippen LogP contribution is 2.11. The summed E-state index contributed by atoms with van der Waals surface area (Å²) in [6, 6.07) is 7.81. The minimum absolute atomic E-state index is 0. The lowest BCUT2D eigenvalue weighted by atomic mass is 10.1. The van der Waals surface area contributed by atoms with Crippen LogP contribution in [-0.4, -0.2) is 20.1 Å². The second-order valence-electron chi connectivity index (χ2n) is 2.67. The van der Waals surface area contributed by atoms with E-state index in [1.165, 1.54) is 5.56 Å². The molecule has 0 spiro atoms. The molecule has 0 aliphatic heterocycles. The van der Waals surface area contributed by atoms with Gasteiger partial charge in [0.2, 0.25) is 6.41 Å². The Morgan fingerprint density at radius 3 is 2.50 bits per heavy atom. The Hall–Kier alpha value is -1.51. The second kappa shape index (κ2) is 6.95. The van der Waals surface area contributed by atoms with Crippen molar-refractivity contribution in [3.05, 3.63) is 29.8 Å². The summed E-state index contributed by atoms with van der Waals surface area (Å²) >= 11 is 0. The molecule has 0 saturated heterocycles. The monoisotopic (exact) mass is 195 g/mol.